The van der Waals surface area contributed by atoms with Crippen LogP contribution in [0.5, 0.6) is 0 Å². The first-order valence-corrected chi connectivity index (χ1v) is 23.3. The number of amides is 2. The third-order valence-electron chi connectivity index (χ3n) is 13.3. The predicted molar refractivity (Wildman–Crippen MR) is 245 cm³/mol. The molecule has 18 heteroatoms. The van der Waals surface area contributed by atoms with Crippen LogP contribution >= 0.6 is 0 Å². The first-order valence-electron chi connectivity index (χ1n) is 23.3. The number of nitrogens with one attached hydrogen (secondary N) is 2. The van der Waals surface area contributed by atoms with Crippen LogP contribution in [0.3, 0.4) is 0 Å². The van der Waals surface area contributed by atoms with E-state index in [9.17, 15) is 28.8 Å². The van der Waals surface area contributed by atoms with Gasteiger partial charge in [-0.25, -0.2) is 14.3 Å². The summed E-state index contributed by atoms with van der Waals surface area (Å²) in [6.45, 7) is 18.1. The number of rotatable bonds is 12. The van der Waals surface area contributed by atoms with Gasteiger partial charge < -0.3 is 48.7 Å². The number of aromatic nitrogens is 2. The van der Waals surface area contributed by atoms with Crippen molar-refractivity contribution in [2.75, 3.05) is 20.6 Å². The van der Waals surface area contributed by atoms with Crippen molar-refractivity contribution in [3.63, 3.8) is 0 Å². The Balaban J connectivity index is 1.61. The minimum Gasteiger partial charge on any atom is -0.461 e. The van der Waals surface area contributed by atoms with Crippen molar-refractivity contribution in [2.45, 2.75) is 156 Å². The lowest BCUT2D eigenvalue weighted by Crippen LogP contribution is -2.62. The van der Waals surface area contributed by atoms with Gasteiger partial charge in [-0.05, 0) is 84.8 Å². The van der Waals surface area contributed by atoms with Crippen LogP contribution in [0.25, 0.3) is 11.8 Å². The lowest BCUT2D eigenvalue weighted by Gasteiger charge is -2.48. The number of ketones is 1. The van der Waals surface area contributed by atoms with E-state index < -0.39 is 114 Å². The van der Waals surface area contributed by atoms with E-state index in [0.717, 1.165) is 11.3 Å². The average molecular weight is 938 g/mol. The molecule has 67 heavy (non-hydrogen) atoms. The first-order chi connectivity index (χ1) is 31.5. The van der Waals surface area contributed by atoms with Crippen molar-refractivity contribution in [1.29, 1.82) is 0 Å². The fraction of sp³-hybridized carbons (Fsp3) is 0.653. The van der Waals surface area contributed by atoms with Gasteiger partial charge in [-0.15, -0.1) is 0 Å². The van der Waals surface area contributed by atoms with Gasteiger partial charge in [0.2, 0.25) is 0 Å². The quantitative estimate of drug-likeness (QED) is 0.184. The Kier molecular flexibility index (Phi) is 17.4. The van der Waals surface area contributed by atoms with Crippen LogP contribution in [0.4, 0.5) is 9.59 Å². The van der Waals surface area contributed by atoms with Crippen molar-refractivity contribution < 1.29 is 61.9 Å². The summed E-state index contributed by atoms with van der Waals surface area (Å²) in [5, 5.41) is 9.84. The molecule has 0 spiro atoms. The zero-order chi connectivity index (χ0) is 49.5. The number of cyclic esters (lactones) is 1. The lowest BCUT2D eigenvalue weighted by atomic mass is 9.73. The van der Waals surface area contributed by atoms with Gasteiger partial charge in [0, 0.05) is 43.6 Å². The lowest BCUT2D eigenvalue weighted by molar-refractivity contribution is -0.301. The number of Topliss-reactive ketones (excluding diaryl/α,β-unsaturated/α-hetero) is 1. The molecule has 0 radical (unpaired) electrons. The monoisotopic (exact) mass is 938 g/mol. The van der Waals surface area contributed by atoms with Gasteiger partial charge in [0.1, 0.15) is 29.7 Å². The number of nitrogens with zero attached hydrogens (tertiary/aromatic N) is 3. The molecule has 3 saturated heterocycles. The van der Waals surface area contributed by atoms with E-state index in [4.69, 9.17) is 33.2 Å². The Hall–Kier alpha value is -5.33. The summed E-state index contributed by atoms with van der Waals surface area (Å²) in [4.78, 5) is 84.7. The minimum atomic E-state index is -1.77. The number of esters is 3. The summed E-state index contributed by atoms with van der Waals surface area (Å²) in [7, 11) is 3.69. The molecule has 0 aliphatic carbocycles. The topological polar surface area (TPSA) is 212 Å². The van der Waals surface area contributed by atoms with E-state index in [1.807, 2.05) is 68.5 Å². The molecule has 3 fully saturated rings. The van der Waals surface area contributed by atoms with Crippen LogP contribution in [0, 0.1) is 29.6 Å². The number of fused-ring (bicyclic) bond motifs is 1. The molecule has 1 aromatic heterocycles. The van der Waals surface area contributed by atoms with Crippen LogP contribution in [0.1, 0.15) is 101 Å². The molecule has 18 nitrogen and oxygen atoms in total. The number of likely N-dealkylation sites (N-methyl/N-ethyl adjacent to an activating group) is 1. The first kappa shape index (κ1) is 52.6. The highest BCUT2D eigenvalue weighted by Gasteiger charge is 2.58. The van der Waals surface area contributed by atoms with Crippen LogP contribution < -0.4 is 10.6 Å². The molecule has 2 N–H and O–H groups in total. The SMILES string of the molecule is CC[C@H]1OC(=O)[C@H](C)[C@@H](OC(=O)C(C)C)[C@H](C)[C@@H](O[C@@H]2O[C@H](C)C[C@H](N(C)C)[C@H]2OC(C)=O)[C@](C)(OC(=O)NCC=Cc2ccc(-n3cccn3)cc2)C[C@@H](C)C(=O)[C@H](C)[C@H]2NC(=O)O[C@@]21C. The van der Waals surface area contributed by atoms with Crippen molar-refractivity contribution in [3.05, 3.63) is 54.4 Å². The van der Waals surface area contributed by atoms with Gasteiger partial charge in [-0.2, -0.15) is 5.10 Å². The number of alkyl carbamates (subject to hydrolysis) is 2. The fourth-order valence-corrected chi connectivity index (χ4v) is 9.75. The second-order valence-electron chi connectivity index (χ2n) is 19.3. The number of hydrogen-bond acceptors (Lipinski definition) is 15. The number of carbonyl (C=O) groups excluding carboxylic acids is 6. The summed E-state index contributed by atoms with van der Waals surface area (Å²) in [5.74, 6) is -6.87. The van der Waals surface area contributed by atoms with E-state index >= 15 is 0 Å². The molecule has 0 unspecified atom stereocenters. The maximum absolute atomic E-state index is 14.7. The van der Waals surface area contributed by atoms with E-state index in [-0.39, 0.29) is 31.2 Å². The normalized spacial score (nSPS) is 34.1. The Bertz CT molecular complexity index is 2080. The zero-order valence-corrected chi connectivity index (χ0v) is 41.2. The van der Waals surface area contributed by atoms with Crippen LogP contribution in [0.15, 0.2) is 48.8 Å². The van der Waals surface area contributed by atoms with Gasteiger partial charge in [-0.1, -0.05) is 65.8 Å². The summed E-state index contributed by atoms with van der Waals surface area (Å²) >= 11 is 0. The molecule has 4 heterocycles. The van der Waals surface area contributed by atoms with E-state index in [0.29, 0.717) is 6.42 Å². The third kappa shape index (κ3) is 12.4. The molecule has 5 rings (SSSR count). The third-order valence-corrected chi connectivity index (χ3v) is 13.3. The highest BCUT2D eigenvalue weighted by atomic mass is 16.7. The van der Waals surface area contributed by atoms with Gasteiger partial charge >= 0.3 is 30.1 Å². The highest BCUT2D eigenvalue weighted by Crippen LogP contribution is 2.42. The average Bonchev–Trinajstić information content (AvgIpc) is 3.92. The van der Waals surface area contributed by atoms with Crippen LogP contribution in [-0.4, -0.2) is 131 Å². The molecular weight excluding hydrogens is 867 g/mol. The number of carbonyl (C=O) groups is 6. The molecular formula is C49H71N5O13. The molecule has 3 aliphatic rings. The molecule has 0 saturated carbocycles. The van der Waals surface area contributed by atoms with Crippen molar-refractivity contribution in [3.8, 4) is 5.69 Å². The van der Waals surface area contributed by atoms with Crippen molar-refractivity contribution in [1.82, 2.24) is 25.3 Å². The Morgan fingerprint density at radius 3 is 2.30 bits per heavy atom. The second kappa shape index (κ2) is 22.2. The molecule has 370 valence electrons. The zero-order valence-electron chi connectivity index (χ0n) is 41.2. The molecule has 14 atom stereocenters. The molecule has 0 bridgehead atoms. The fourth-order valence-electron chi connectivity index (χ4n) is 9.75. The van der Waals surface area contributed by atoms with Crippen molar-refractivity contribution >= 4 is 42.0 Å². The standard InChI is InChI=1S/C49H71N5O13/c1-14-37-49(11)41(52-47(60)67-49)30(6)38(56)28(4)26-48(10,66-46(59)50-22-15-17-34-18-20-35(21-19-34)54-24-16-23-51-54)42(31(7)39(32(8)44(58)63-37)64-43(57)27(2)3)65-45-40(62-33(9)55)36(53(12)13)25-29(5)61-45/h15-21,23-24,27-32,36-37,39-42,45H,14,22,25-26H2,1-13H3,(H,50,59)(H,52,60)/t28-,29-,30+,31+,32-,36+,37-,39+,40-,41-,42-,45+,48-,49-/m1/s1. The summed E-state index contributed by atoms with van der Waals surface area (Å²) in [5.41, 5.74) is -1.50. The van der Waals surface area contributed by atoms with Crippen molar-refractivity contribution in [2.24, 2.45) is 29.6 Å². The maximum atomic E-state index is 14.7. The number of ether oxygens (including phenoxy) is 7. The minimum absolute atomic E-state index is 0.0424. The van der Waals surface area contributed by atoms with Gasteiger partial charge in [0.25, 0.3) is 0 Å². The summed E-state index contributed by atoms with van der Waals surface area (Å²) in [6, 6.07) is 8.18. The molecule has 1 aromatic carbocycles. The number of hydrogen-bond donors (Lipinski definition) is 2. The van der Waals surface area contributed by atoms with E-state index in [1.165, 1.54) is 6.92 Å². The van der Waals surface area contributed by atoms with Crippen LogP contribution in [0.2, 0.25) is 0 Å². The van der Waals surface area contributed by atoms with E-state index in [2.05, 4.69) is 15.7 Å². The van der Waals surface area contributed by atoms with Gasteiger partial charge in [-0.3, -0.25) is 19.2 Å². The summed E-state index contributed by atoms with van der Waals surface area (Å²) < 4.78 is 45.8. The predicted octanol–water partition coefficient (Wildman–Crippen LogP) is 6.03. The summed E-state index contributed by atoms with van der Waals surface area (Å²) in [6.07, 6.45) is -0.296. The van der Waals surface area contributed by atoms with Crippen LogP contribution in [-0.2, 0) is 52.3 Å². The Morgan fingerprint density at radius 2 is 1.70 bits per heavy atom. The second-order valence-corrected chi connectivity index (χ2v) is 19.3. The van der Waals surface area contributed by atoms with Gasteiger partial charge in [0.15, 0.2) is 18.0 Å². The highest BCUT2D eigenvalue weighted by molar-refractivity contribution is 5.85. The van der Waals surface area contributed by atoms with E-state index in [1.54, 1.807) is 79.3 Å². The maximum Gasteiger partial charge on any atom is 0.408 e. The van der Waals surface area contributed by atoms with Gasteiger partial charge in [0.05, 0.1) is 35.7 Å². The molecule has 3 aliphatic heterocycles. The largest absolute Gasteiger partial charge is 0.461 e. The Morgan fingerprint density at radius 1 is 1.01 bits per heavy atom. The smallest absolute Gasteiger partial charge is 0.408 e. The molecule has 2 amide bonds. The Labute approximate surface area is 394 Å². The number of benzene rings is 1. The molecule has 2 aromatic rings.